The lowest BCUT2D eigenvalue weighted by atomic mass is 10.2. The number of hydrogen-bond donors (Lipinski definition) is 2. The number of nitrogens with zero attached hydrogens (tertiary/aromatic N) is 1. The van der Waals surface area contributed by atoms with E-state index in [0.29, 0.717) is 19.4 Å². The molecule has 1 fully saturated rings. The fourth-order valence-corrected chi connectivity index (χ4v) is 5.45. The summed E-state index contributed by atoms with van der Waals surface area (Å²) in [6, 6.07) is 2.40. The van der Waals surface area contributed by atoms with Crippen LogP contribution in [-0.4, -0.2) is 45.9 Å². The van der Waals surface area contributed by atoms with Crippen LogP contribution in [0.1, 0.15) is 19.8 Å². The third-order valence-electron chi connectivity index (χ3n) is 3.19. The first kappa shape index (κ1) is 16.2. The van der Waals surface area contributed by atoms with Crippen LogP contribution < -0.4 is 10.0 Å². The SMILES string of the molecule is CCNc1ncccc1S(=O)(=O)NC1CCCS(=O)(=O)C1. The van der Waals surface area contributed by atoms with Gasteiger partial charge in [0, 0.05) is 18.8 Å². The fourth-order valence-electron chi connectivity index (χ4n) is 2.31. The highest BCUT2D eigenvalue weighted by Gasteiger charge is 2.29. The van der Waals surface area contributed by atoms with Crippen LogP contribution in [0.3, 0.4) is 0 Å². The summed E-state index contributed by atoms with van der Waals surface area (Å²) in [6.07, 6.45) is 2.50. The maximum absolute atomic E-state index is 12.4. The smallest absolute Gasteiger partial charge is 0.244 e. The molecule has 1 aliphatic heterocycles. The number of nitrogens with one attached hydrogen (secondary N) is 2. The second kappa shape index (κ2) is 6.29. The van der Waals surface area contributed by atoms with Gasteiger partial charge in [0.15, 0.2) is 9.84 Å². The van der Waals surface area contributed by atoms with Gasteiger partial charge in [0.25, 0.3) is 0 Å². The summed E-state index contributed by atoms with van der Waals surface area (Å²) in [4.78, 5) is 4.04. The Labute approximate surface area is 125 Å². The van der Waals surface area contributed by atoms with Crippen molar-refractivity contribution < 1.29 is 16.8 Å². The van der Waals surface area contributed by atoms with Crippen LogP contribution in [0.4, 0.5) is 5.82 Å². The van der Waals surface area contributed by atoms with Gasteiger partial charge in [-0.1, -0.05) is 0 Å². The Kier molecular flexibility index (Phi) is 4.84. The van der Waals surface area contributed by atoms with Crippen molar-refractivity contribution in [1.82, 2.24) is 9.71 Å². The average molecular weight is 333 g/mol. The lowest BCUT2D eigenvalue weighted by molar-refractivity contribution is 0.517. The van der Waals surface area contributed by atoms with Crippen molar-refractivity contribution in [2.45, 2.75) is 30.7 Å². The van der Waals surface area contributed by atoms with Crippen molar-refractivity contribution >= 4 is 25.7 Å². The van der Waals surface area contributed by atoms with E-state index in [-0.39, 0.29) is 22.2 Å². The molecule has 1 saturated heterocycles. The third kappa shape index (κ3) is 4.14. The number of anilines is 1. The third-order valence-corrected chi connectivity index (χ3v) is 6.56. The van der Waals surface area contributed by atoms with Gasteiger partial charge in [0.2, 0.25) is 10.0 Å². The summed E-state index contributed by atoms with van der Waals surface area (Å²) in [6.45, 7) is 2.38. The monoisotopic (exact) mass is 333 g/mol. The molecule has 1 aliphatic rings. The summed E-state index contributed by atoms with van der Waals surface area (Å²) in [5.41, 5.74) is 0. The van der Waals surface area contributed by atoms with E-state index >= 15 is 0 Å². The first-order valence-electron chi connectivity index (χ1n) is 6.76. The zero-order valence-electron chi connectivity index (χ0n) is 11.7. The Bertz CT molecular complexity index is 701. The van der Waals surface area contributed by atoms with E-state index in [0.717, 1.165) is 0 Å². The number of sulfone groups is 1. The average Bonchev–Trinajstić information content (AvgIpc) is 2.38. The Balaban J connectivity index is 2.23. The number of hydrogen-bond acceptors (Lipinski definition) is 6. The van der Waals surface area contributed by atoms with E-state index in [1.54, 1.807) is 0 Å². The molecule has 1 unspecified atom stereocenters. The maximum Gasteiger partial charge on any atom is 0.244 e. The van der Waals surface area contributed by atoms with Crippen molar-refractivity contribution in [3.05, 3.63) is 18.3 Å². The molecule has 7 nitrogen and oxygen atoms in total. The predicted molar refractivity (Wildman–Crippen MR) is 80.4 cm³/mol. The molecule has 0 saturated carbocycles. The Morgan fingerprint density at radius 2 is 2.19 bits per heavy atom. The van der Waals surface area contributed by atoms with E-state index in [2.05, 4.69) is 15.0 Å². The van der Waals surface area contributed by atoms with Gasteiger partial charge >= 0.3 is 0 Å². The summed E-state index contributed by atoms with van der Waals surface area (Å²) < 4.78 is 50.5. The molecule has 1 aromatic heterocycles. The molecule has 2 heterocycles. The van der Waals surface area contributed by atoms with E-state index in [1.165, 1.54) is 18.3 Å². The highest BCUT2D eigenvalue weighted by molar-refractivity contribution is 7.91. The molecule has 0 bridgehead atoms. The van der Waals surface area contributed by atoms with Crippen LogP contribution in [0.15, 0.2) is 23.2 Å². The van der Waals surface area contributed by atoms with Crippen LogP contribution in [0, 0.1) is 0 Å². The topological polar surface area (TPSA) is 105 Å². The minimum Gasteiger partial charge on any atom is -0.369 e. The van der Waals surface area contributed by atoms with Gasteiger partial charge in [0.1, 0.15) is 10.7 Å². The zero-order valence-corrected chi connectivity index (χ0v) is 13.4. The minimum atomic E-state index is -3.80. The van der Waals surface area contributed by atoms with E-state index in [1.807, 2.05) is 6.92 Å². The predicted octanol–water partition coefficient (Wildman–Crippen LogP) is 0.369. The Morgan fingerprint density at radius 1 is 1.43 bits per heavy atom. The molecule has 0 aromatic carbocycles. The number of sulfonamides is 1. The van der Waals surface area contributed by atoms with Gasteiger partial charge in [-0.25, -0.2) is 26.5 Å². The van der Waals surface area contributed by atoms with Gasteiger partial charge in [-0.05, 0) is 31.9 Å². The molecule has 0 aliphatic carbocycles. The van der Waals surface area contributed by atoms with Gasteiger partial charge in [-0.3, -0.25) is 0 Å². The molecule has 21 heavy (non-hydrogen) atoms. The number of aromatic nitrogens is 1. The van der Waals surface area contributed by atoms with Gasteiger partial charge in [-0.2, -0.15) is 0 Å². The highest BCUT2D eigenvalue weighted by Crippen LogP contribution is 2.20. The first-order chi connectivity index (χ1) is 9.84. The maximum atomic E-state index is 12.4. The summed E-state index contributed by atoms with van der Waals surface area (Å²) in [5, 5.41) is 2.89. The molecule has 0 radical (unpaired) electrons. The largest absolute Gasteiger partial charge is 0.369 e. The highest BCUT2D eigenvalue weighted by atomic mass is 32.2. The number of pyridine rings is 1. The standard InChI is InChI=1S/C12H19N3O4S2/c1-2-13-12-11(6-3-7-14-12)21(18,19)15-10-5-4-8-20(16,17)9-10/h3,6-7,10,15H,2,4-5,8-9H2,1H3,(H,13,14). The Morgan fingerprint density at radius 3 is 2.86 bits per heavy atom. The van der Waals surface area contributed by atoms with Crippen molar-refractivity contribution in [1.29, 1.82) is 0 Å². The summed E-state index contributed by atoms with van der Waals surface area (Å²) in [7, 11) is -6.97. The molecule has 1 aromatic rings. The van der Waals surface area contributed by atoms with Crippen molar-refractivity contribution in [3.8, 4) is 0 Å². The second-order valence-corrected chi connectivity index (χ2v) is 8.87. The number of rotatable bonds is 5. The van der Waals surface area contributed by atoms with Crippen LogP contribution in [0.25, 0.3) is 0 Å². The van der Waals surface area contributed by atoms with Gasteiger partial charge in [0.05, 0.1) is 11.5 Å². The van der Waals surface area contributed by atoms with Crippen LogP contribution in [0.2, 0.25) is 0 Å². The molecule has 0 amide bonds. The fraction of sp³-hybridized carbons (Fsp3) is 0.583. The quantitative estimate of drug-likeness (QED) is 0.806. The van der Waals surface area contributed by atoms with Crippen molar-refractivity contribution in [2.75, 3.05) is 23.4 Å². The molecule has 0 spiro atoms. The second-order valence-electron chi connectivity index (χ2n) is 4.96. The zero-order chi connectivity index (χ0) is 15.5. The Hall–Kier alpha value is -1.19. The lowest BCUT2D eigenvalue weighted by Crippen LogP contribution is -2.43. The molecule has 9 heteroatoms. The molecule has 2 N–H and O–H groups in total. The summed E-state index contributed by atoms with van der Waals surface area (Å²) in [5.74, 6) is 0.246. The minimum absolute atomic E-state index is 0.0369. The van der Waals surface area contributed by atoms with E-state index in [4.69, 9.17) is 0 Å². The van der Waals surface area contributed by atoms with E-state index in [9.17, 15) is 16.8 Å². The molecular formula is C12H19N3O4S2. The molecule has 118 valence electrons. The van der Waals surface area contributed by atoms with Crippen LogP contribution in [0.5, 0.6) is 0 Å². The lowest BCUT2D eigenvalue weighted by Gasteiger charge is -2.23. The molecular weight excluding hydrogens is 314 g/mol. The van der Waals surface area contributed by atoms with E-state index < -0.39 is 25.9 Å². The first-order valence-corrected chi connectivity index (χ1v) is 10.1. The van der Waals surface area contributed by atoms with Crippen LogP contribution in [-0.2, 0) is 19.9 Å². The van der Waals surface area contributed by atoms with Crippen molar-refractivity contribution in [3.63, 3.8) is 0 Å². The van der Waals surface area contributed by atoms with Gasteiger partial charge < -0.3 is 5.32 Å². The van der Waals surface area contributed by atoms with Crippen LogP contribution >= 0.6 is 0 Å². The molecule has 2 rings (SSSR count). The van der Waals surface area contributed by atoms with Gasteiger partial charge in [-0.15, -0.1) is 0 Å². The summed E-state index contributed by atoms with van der Waals surface area (Å²) >= 11 is 0. The van der Waals surface area contributed by atoms with Crippen molar-refractivity contribution in [2.24, 2.45) is 0 Å². The molecule has 1 atom stereocenters. The normalized spacial score (nSPS) is 21.9.